The zero-order chi connectivity index (χ0) is 13.8. The van der Waals surface area contributed by atoms with E-state index >= 15 is 0 Å². The predicted octanol–water partition coefficient (Wildman–Crippen LogP) is 4.05. The van der Waals surface area contributed by atoms with E-state index in [1.54, 1.807) is 0 Å². The van der Waals surface area contributed by atoms with Gasteiger partial charge in [0, 0.05) is 17.6 Å². The lowest BCUT2D eigenvalue weighted by Gasteiger charge is -2.10. The average Bonchev–Trinajstić information content (AvgIpc) is 2.88. The maximum absolute atomic E-state index is 4.29. The van der Waals surface area contributed by atoms with Crippen molar-refractivity contribution < 1.29 is 0 Å². The molecule has 0 saturated heterocycles. The first-order valence-electron chi connectivity index (χ1n) is 6.72. The van der Waals surface area contributed by atoms with E-state index in [2.05, 4.69) is 57.7 Å². The highest BCUT2D eigenvalue weighted by atomic mass is 15.1. The molecule has 3 heteroatoms. The van der Waals surface area contributed by atoms with Gasteiger partial charge in [-0.1, -0.05) is 48.5 Å². The fraction of sp³-hybridized carbons (Fsp3) is 0.118. The van der Waals surface area contributed by atoms with Gasteiger partial charge in [-0.15, -0.1) is 0 Å². The Labute approximate surface area is 118 Å². The summed E-state index contributed by atoms with van der Waals surface area (Å²) in [6, 6.07) is 18.8. The molecule has 3 rings (SSSR count). The molecule has 0 fully saturated rings. The molecule has 100 valence electrons. The van der Waals surface area contributed by atoms with Crippen LogP contribution in [0.5, 0.6) is 0 Å². The number of imidazole rings is 1. The first-order valence-corrected chi connectivity index (χ1v) is 6.72. The molecule has 2 N–H and O–H groups in total. The zero-order valence-electron chi connectivity index (χ0n) is 11.4. The summed E-state index contributed by atoms with van der Waals surface area (Å²) < 4.78 is 0. The van der Waals surface area contributed by atoms with Gasteiger partial charge in [0.1, 0.15) is 0 Å². The Morgan fingerprint density at radius 1 is 1.00 bits per heavy atom. The zero-order valence-corrected chi connectivity index (χ0v) is 11.4. The predicted molar refractivity (Wildman–Crippen MR) is 82.3 cm³/mol. The summed E-state index contributed by atoms with van der Waals surface area (Å²) in [5.41, 5.74) is 4.70. The number of aromatic nitrogens is 2. The molecule has 0 unspecified atom stereocenters. The maximum atomic E-state index is 4.29. The molecule has 0 aliphatic heterocycles. The minimum Gasteiger partial charge on any atom is -0.328 e. The van der Waals surface area contributed by atoms with Crippen molar-refractivity contribution in [2.24, 2.45) is 0 Å². The minimum atomic E-state index is 0.781. The largest absolute Gasteiger partial charge is 0.328 e. The quantitative estimate of drug-likeness (QED) is 0.745. The summed E-state index contributed by atoms with van der Waals surface area (Å²) in [5.74, 6) is 0.781. The van der Waals surface area contributed by atoms with Gasteiger partial charge in [-0.3, -0.25) is 0 Å². The van der Waals surface area contributed by atoms with Crippen LogP contribution in [-0.4, -0.2) is 9.97 Å². The van der Waals surface area contributed by atoms with Gasteiger partial charge in [0.05, 0.1) is 0 Å². The van der Waals surface area contributed by atoms with Gasteiger partial charge >= 0.3 is 0 Å². The fourth-order valence-electron chi connectivity index (χ4n) is 2.22. The smallest absolute Gasteiger partial charge is 0.204 e. The highest BCUT2D eigenvalue weighted by Crippen LogP contribution is 2.21. The molecule has 20 heavy (non-hydrogen) atoms. The van der Waals surface area contributed by atoms with Crippen LogP contribution in [0.4, 0.5) is 11.6 Å². The van der Waals surface area contributed by atoms with Crippen LogP contribution < -0.4 is 5.32 Å². The van der Waals surface area contributed by atoms with Crippen LogP contribution in [-0.2, 0) is 6.42 Å². The average molecular weight is 263 g/mol. The number of anilines is 2. The molecule has 0 atom stereocenters. The van der Waals surface area contributed by atoms with Crippen molar-refractivity contribution in [2.45, 2.75) is 13.3 Å². The molecule has 0 radical (unpaired) electrons. The van der Waals surface area contributed by atoms with Crippen LogP contribution in [0.25, 0.3) is 0 Å². The molecular formula is C17H17N3. The number of hydrogen-bond donors (Lipinski definition) is 2. The number of para-hydroxylation sites is 1. The monoisotopic (exact) mass is 263 g/mol. The van der Waals surface area contributed by atoms with E-state index in [0.717, 1.165) is 23.8 Å². The molecular weight excluding hydrogens is 246 g/mol. The Morgan fingerprint density at radius 2 is 1.75 bits per heavy atom. The summed E-state index contributed by atoms with van der Waals surface area (Å²) in [5, 5.41) is 3.35. The summed E-state index contributed by atoms with van der Waals surface area (Å²) in [7, 11) is 0. The molecule has 3 aromatic rings. The highest BCUT2D eigenvalue weighted by molar-refractivity contribution is 5.59. The van der Waals surface area contributed by atoms with Crippen LogP contribution >= 0.6 is 0 Å². The molecule has 1 aromatic heterocycles. The van der Waals surface area contributed by atoms with Crippen molar-refractivity contribution >= 4 is 11.6 Å². The molecule has 3 nitrogen and oxygen atoms in total. The van der Waals surface area contributed by atoms with Gasteiger partial charge in [0.25, 0.3) is 0 Å². The van der Waals surface area contributed by atoms with Crippen LogP contribution in [0.2, 0.25) is 0 Å². The molecule has 2 aromatic carbocycles. The van der Waals surface area contributed by atoms with Crippen molar-refractivity contribution in [1.29, 1.82) is 0 Å². The second-order valence-corrected chi connectivity index (χ2v) is 4.86. The Hall–Kier alpha value is -2.55. The van der Waals surface area contributed by atoms with Gasteiger partial charge in [0.2, 0.25) is 5.95 Å². The molecule has 0 amide bonds. The third-order valence-electron chi connectivity index (χ3n) is 3.21. The number of aromatic amines is 1. The minimum absolute atomic E-state index is 0.781. The van der Waals surface area contributed by atoms with E-state index < -0.39 is 0 Å². The molecule has 0 bridgehead atoms. The van der Waals surface area contributed by atoms with E-state index in [1.165, 1.54) is 11.1 Å². The first-order chi connectivity index (χ1) is 9.81. The van der Waals surface area contributed by atoms with Gasteiger partial charge in [-0.2, -0.15) is 0 Å². The number of nitrogens with one attached hydrogen (secondary N) is 2. The van der Waals surface area contributed by atoms with Crippen molar-refractivity contribution in [2.75, 3.05) is 5.32 Å². The van der Waals surface area contributed by atoms with Crippen LogP contribution in [0.15, 0.2) is 60.8 Å². The van der Waals surface area contributed by atoms with Crippen LogP contribution in [0.1, 0.15) is 16.8 Å². The summed E-state index contributed by atoms with van der Waals surface area (Å²) in [4.78, 5) is 7.49. The number of hydrogen-bond acceptors (Lipinski definition) is 2. The van der Waals surface area contributed by atoms with Crippen molar-refractivity contribution in [3.05, 3.63) is 77.6 Å². The Morgan fingerprint density at radius 3 is 2.50 bits per heavy atom. The van der Waals surface area contributed by atoms with E-state index in [-0.39, 0.29) is 0 Å². The van der Waals surface area contributed by atoms with E-state index in [9.17, 15) is 0 Å². The highest BCUT2D eigenvalue weighted by Gasteiger charge is 2.05. The molecule has 0 aliphatic rings. The fourth-order valence-corrected chi connectivity index (χ4v) is 2.22. The lowest BCUT2D eigenvalue weighted by atomic mass is 10.0. The normalized spacial score (nSPS) is 10.4. The number of nitrogens with zero attached hydrogens (tertiary/aromatic N) is 1. The van der Waals surface area contributed by atoms with E-state index in [4.69, 9.17) is 0 Å². The Bertz CT molecular complexity index is 686. The second kappa shape index (κ2) is 5.61. The Kier molecular flexibility index (Phi) is 3.50. The van der Waals surface area contributed by atoms with E-state index in [1.807, 2.05) is 25.3 Å². The van der Waals surface area contributed by atoms with Crippen molar-refractivity contribution in [3.63, 3.8) is 0 Å². The molecule has 0 saturated carbocycles. The van der Waals surface area contributed by atoms with Crippen molar-refractivity contribution in [1.82, 2.24) is 9.97 Å². The van der Waals surface area contributed by atoms with E-state index in [0.29, 0.717) is 0 Å². The molecule has 1 heterocycles. The van der Waals surface area contributed by atoms with Crippen LogP contribution in [0.3, 0.4) is 0 Å². The lowest BCUT2D eigenvalue weighted by molar-refractivity contribution is 1.18. The number of H-pyrrole nitrogens is 1. The van der Waals surface area contributed by atoms with Crippen LogP contribution in [0, 0.1) is 6.92 Å². The number of rotatable bonds is 4. The van der Waals surface area contributed by atoms with Gasteiger partial charge in [-0.25, -0.2) is 4.98 Å². The molecule has 0 spiro atoms. The number of benzene rings is 2. The van der Waals surface area contributed by atoms with Gasteiger partial charge < -0.3 is 10.3 Å². The maximum Gasteiger partial charge on any atom is 0.204 e. The van der Waals surface area contributed by atoms with Gasteiger partial charge in [0.15, 0.2) is 0 Å². The second-order valence-electron chi connectivity index (χ2n) is 4.86. The number of aryl methyl sites for hydroxylation is 1. The molecule has 0 aliphatic carbocycles. The SMILES string of the molecule is Cc1cnc(Nc2ccccc2Cc2ccccc2)[nH]1. The third kappa shape index (κ3) is 2.88. The Balaban J connectivity index is 1.84. The summed E-state index contributed by atoms with van der Waals surface area (Å²) in [6.45, 7) is 1.99. The lowest BCUT2D eigenvalue weighted by Crippen LogP contribution is -1.98. The standard InChI is InChI=1S/C17H17N3/c1-13-12-18-17(19-13)20-16-10-6-5-9-15(16)11-14-7-3-2-4-8-14/h2-10,12H,11H2,1H3,(H2,18,19,20). The summed E-state index contributed by atoms with van der Waals surface area (Å²) in [6.07, 6.45) is 2.73. The topological polar surface area (TPSA) is 40.7 Å². The summed E-state index contributed by atoms with van der Waals surface area (Å²) >= 11 is 0. The van der Waals surface area contributed by atoms with Crippen molar-refractivity contribution in [3.8, 4) is 0 Å². The van der Waals surface area contributed by atoms with Gasteiger partial charge in [-0.05, 0) is 30.5 Å². The first kappa shape index (κ1) is 12.5. The third-order valence-corrected chi connectivity index (χ3v) is 3.21.